The lowest BCUT2D eigenvalue weighted by atomic mass is 10.2. The van der Waals surface area contributed by atoms with Gasteiger partial charge in [-0.25, -0.2) is 4.68 Å². The van der Waals surface area contributed by atoms with E-state index in [0.29, 0.717) is 5.69 Å². The van der Waals surface area contributed by atoms with Crippen molar-refractivity contribution in [1.29, 1.82) is 0 Å². The van der Waals surface area contributed by atoms with Gasteiger partial charge in [0, 0.05) is 0 Å². The van der Waals surface area contributed by atoms with Crippen molar-refractivity contribution >= 4 is 21.5 Å². The van der Waals surface area contributed by atoms with Crippen molar-refractivity contribution in [2.24, 2.45) is 10.2 Å². The normalized spacial score (nSPS) is 12.2. The molecule has 28 heavy (non-hydrogen) atoms. The summed E-state index contributed by atoms with van der Waals surface area (Å²) in [6.07, 6.45) is -2.02. The number of hydrogen-bond acceptors (Lipinski definition) is 7. The van der Waals surface area contributed by atoms with Crippen LogP contribution in [-0.2, 0) is 10.1 Å². The number of aromatic amines is 1. The molecule has 0 amide bonds. The molecule has 0 aliphatic rings. The third-order valence-corrected chi connectivity index (χ3v) is 4.71. The minimum atomic E-state index is -4.38. The van der Waals surface area contributed by atoms with Crippen LogP contribution in [0.1, 0.15) is 17.5 Å². The van der Waals surface area contributed by atoms with E-state index in [1.54, 1.807) is 12.1 Å². The maximum absolute atomic E-state index is 12.6. The van der Waals surface area contributed by atoms with Gasteiger partial charge in [-0.1, -0.05) is 17.7 Å². The summed E-state index contributed by atoms with van der Waals surface area (Å²) in [7, 11) is -4.38. The number of aryl methyl sites for hydroxylation is 1. The molecular weight excluding hydrogens is 388 g/mol. The number of nitrogens with one attached hydrogen (secondary N) is 1. The molecule has 1 aromatic heterocycles. The summed E-state index contributed by atoms with van der Waals surface area (Å²) < 4.78 is 32.2. The van der Waals surface area contributed by atoms with Crippen LogP contribution in [0.15, 0.2) is 68.4 Å². The zero-order valence-electron chi connectivity index (χ0n) is 14.5. The average molecular weight is 404 g/mol. The number of hydrogen-bond donors (Lipinski definition) is 4. The molecule has 11 heteroatoms. The van der Waals surface area contributed by atoms with Crippen LogP contribution in [0.25, 0.3) is 5.69 Å². The van der Waals surface area contributed by atoms with Gasteiger partial charge in [0.1, 0.15) is 5.69 Å². The Balaban J connectivity index is 2.04. The summed E-state index contributed by atoms with van der Waals surface area (Å²) in [5.41, 5.74) is 0.361. The zero-order chi connectivity index (χ0) is 20.5. The number of azo groups is 1. The van der Waals surface area contributed by atoms with Crippen LogP contribution in [0.4, 0.5) is 11.4 Å². The highest BCUT2D eigenvalue weighted by atomic mass is 32.2. The predicted octanol–water partition coefficient (Wildman–Crippen LogP) is 2.12. The van der Waals surface area contributed by atoms with Gasteiger partial charge in [0.15, 0.2) is 12.0 Å². The van der Waals surface area contributed by atoms with Crippen molar-refractivity contribution in [3.05, 3.63) is 70.1 Å². The molecule has 10 nitrogen and oxygen atoms in total. The molecule has 3 aromatic rings. The number of H-pyrrole nitrogens is 1. The molecular formula is C17H16N4O6S. The second kappa shape index (κ2) is 7.48. The summed E-state index contributed by atoms with van der Waals surface area (Å²) in [5.74, 6) is 0. The molecule has 0 atom stereocenters. The first-order chi connectivity index (χ1) is 13.2. The molecule has 4 N–H and O–H groups in total. The molecule has 146 valence electrons. The average Bonchev–Trinajstić information content (AvgIpc) is 2.97. The van der Waals surface area contributed by atoms with Gasteiger partial charge >= 0.3 is 0 Å². The fraction of sp³-hybridized carbons (Fsp3) is 0.118. The molecule has 0 unspecified atom stereocenters. The Labute approximate surface area is 159 Å². The van der Waals surface area contributed by atoms with Gasteiger partial charge in [0.2, 0.25) is 0 Å². The molecule has 0 aliphatic heterocycles. The lowest BCUT2D eigenvalue weighted by molar-refractivity contribution is -0.0455. The monoisotopic (exact) mass is 404 g/mol. The van der Waals surface area contributed by atoms with Gasteiger partial charge in [-0.05, 0) is 43.3 Å². The van der Waals surface area contributed by atoms with E-state index in [1.165, 1.54) is 12.1 Å². The Hall–Kier alpha value is -3.12. The van der Waals surface area contributed by atoms with Crippen LogP contribution in [0.5, 0.6) is 0 Å². The summed E-state index contributed by atoms with van der Waals surface area (Å²) in [6, 6.07) is 11.7. The van der Waals surface area contributed by atoms with E-state index in [2.05, 4.69) is 15.3 Å². The molecule has 2 aromatic carbocycles. The fourth-order valence-corrected chi connectivity index (χ4v) is 2.87. The lowest BCUT2D eigenvalue weighted by Gasteiger charge is -2.03. The van der Waals surface area contributed by atoms with Gasteiger partial charge in [-0.2, -0.15) is 13.5 Å². The quantitative estimate of drug-likeness (QED) is 0.290. The van der Waals surface area contributed by atoms with Crippen molar-refractivity contribution in [3.63, 3.8) is 0 Å². The van der Waals surface area contributed by atoms with Crippen molar-refractivity contribution in [2.75, 3.05) is 0 Å². The topological polar surface area (TPSA) is 157 Å². The first kappa shape index (κ1) is 19.6. The minimum Gasteiger partial charge on any atom is -0.363 e. The summed E-state index contributed by atoms with van der Waals surface area (Å²) in [5, 5.41) is 29.3. The summed E-state index contributed by atoms with van der Waals surface area (Å²) in [4.78, 5) is 12.3. The fourth-order valence-electron chi connectivity index (χ4n) is 2.39. The second-order valence-corrected chi connectivity index (χ2v) is 7.31. The van der Waals surface area contributed by atoms with Gasteiger partial charge in [0.25, 0.3) is 15.7 Å². The van der Waals surface area contributed by atoms with E-state index in [1.807, 2.05) is 19.1 Å². The predicted molar refractivity (Wildman–Crippen MR) is 98.7 cm³/mol. The number of benzene rings is 2. The van der Waals surface area contributed by atoms with Crippen LogP contribution < -0.4 is 5.56 Å². The molecule has 0 radical (unpaired) electrons. The van der Waals surface area contributed by atoms with Crippen LogP contribution in [-0.4, -0.2) is 33.0 Å². The number of nitrogens with zero attached hydrogens (tertiary/aromatic N) is 3. The van der Waals surface area contributed by atoms with E-state index in [4.69, 9.17) is 4.55 Å². The molecule has 0 saturated heterocycles. The van der Waals surface area contributed by atoms with E-state index in [9.17, 15) is 23.4 Å². The Kier molecular flexibility index (Phi) is 5.25. The van der Waals surface area contributed by atoms with Gasteiger partial charge in [0.05, 0.1) is 16.3 Å². The zero-order valence-corrected chi connectivity index (χ0v) is 15.3. The van der Waals surface area contributed by atoms with Gasteiger partial charge < -0.3 is 10.2 Å². The molecule has 0 aliphatic carbocycles. The van der Waals surface area contributed by atoms with Crippen LogP contribution >= 0.6 is 0 Å². The Morgan fingerprint density at radius 2 is 1.61 bits per heavy atom. The minimum absolute atomic E-state index is 0.191. The van der Waals surface area contributed by atoms with E-state index in [-0.39, 0.29) is 22.0 Å². The van der Waals surface area contributed by atoms with E-state index >= 15 is 0 Å². The Morgan fingerprint density at radius 3 is 2.14 bits per heavy atom. The highest BCUT2D eigenvalue weighted by molar-refractivity contribution is 7.85. The van der Waals surface area contributed by atoms with E-state index < -0.39 is 22.0 Å². The molecule has 1 heterocycles. The maximum atomic E-state index is 12.6. The lowest BCUT2D eigenvalue weighted by Crippen LogP contribution is -2.14. The smallest absolute Gasteiger partial charge is 0.299 e. The molecule has 0 fully saturated rings. The summed E-state index contributed by atoms with van der Waals surface area (Å²) in [6.45, 7) is 1.90. The van der Waals surface area contributed by atoms with Gasteiger partial charge in [-0.15, -0.1) is 5.11 Å². The number of aromatic nitrogens is 2. The van der Waals surface area contributed by atoms with Crippen molar-refractivity contribution in [3.8, 4) is 5.69 Å². The van der Waals surface area contributed by atoms with Crippen LogP contribution in [0, 0.1) is 6.92 Å². The third-order valence-electron chi connectivity index (χ3n) is 3.84. The van der Waals surface area contributed by atoms with E-state index in [0.717, 1.165) is 22.4 Å². The van der Waals surface area contributed by atoms with Crippen molar-refractivity contribution in [2.45, 2.75) is 18.1 Å². The second-order valence-electron chi connectivity index (χ2n) is 5.89. The van der Waals surface area contributed by atoms with Crippen molar-refractivity contribution < 1.29 is 23.2 Å². The highest BCUT2D eigenvalue weighted by Crippen LogP contribution is 2.23. The largest absolute Gasteiger partial charge is 0.363 e. The molecule has 0 spiro atoms. The molecule has 0 saturated carbocycles. The number of rotatable bonds is 5. The Morgan fingerprint density at radius 1 is 1.00 bits per heavy atom. The number of aliphatic hydroxyl groups excluding tert-OH is 1. The SMILES string of the molecule is Cc1ccc(N=Nc2c(C(O)O)[nH]n(-c3ccc(S(=O)(=O)O)cc3)c2=O)cc1. The third kappa shape index (κ3) is 4.07. The first-order valence-corrected chi connectivity index (χ1v) is 9.38. The van der Waals surface area contributed by atoms with Gasteiger partial charge in [-0.3, -0.25) is 14.4 Å². The molecule has 0 bridgehead atoms. The maximum Gasteiger partial charge on any atom is 0.299 e. The standard InChI is InChI=1S/C17H16N4O6S/c1-10-2-4-11(5-3-10)18-19-14-15(17(23)24)20-21(16(14)22)12-6-8-13(9-7-12)28(25,26)27/h2-9,17,20,23-24H,1H3,(H,25,26,27). The number of aliphatic hydroxyl groups is 2. The Bertz CT molecular complexity index is 1180. The van der Waals surface area contributed by atoms with Crippen LogP contribution in [0.2, 0.25) is 0 Å². The van der Waals surface area contributed by atoms with Crippen LogP contribution in [0.3, 0.4) is 0 Å². The first-order valence-electron chi connectivity index (χ1n) is 7.94. The summed E-state index contributed by atoms with van der Waals surface area (Å²) >= 11 is 0. The molecule has 3 rings (SSSR count). The highest BCUT2D eigenvalue weighted by Gasteiger charge is 2.20. The van der Waals surface area contributed by atoms with Crippen molar-refractivity contribution in [1.82, 2.24) is 9.78 Å².